The Morgan fingerprint density at radius 1 is 1.35 bits per heavy atom. The Hall–Kier alpha value is -0.710. The van der Waals surface area contributed by atoms with Crippen molar-refractivity contribution in [1.29, 1.82) is 0 Å². The molecule has 0 aromatic heterocycles. The molecule has 0 aromatic rings. The van der Waals surface area contributed by atoms with Crippen molar-refractivity contribution < 1.29 is 9.59 Å². The molecule has 1 fully saturated rings. The van der Waals surface area contributed by atoms with Crippen molar-refractivity contribution in [3.05, 3.63) is 0 Å². The van der Waals surface area contributed by atoms with Gasteiger partial charge in [-0.05, 0) is 31.9 Å². The van der Waals surface area contributed by atoms with Gasteiger partial charge in [-0.25, -0.2) is 0 Å². The summed E-state index contributed by atoms with van der Waals surface area (Å²) in [6.07, 6.45) is 3.62. The normalized spacial score (nSPS) is 28.8. The molecule has 0 spiro atoms. The fourth-order valence-corrected chi connectivity index (χ4v) is 2.91. The predicted molar refractivity (Wildman–Crippen MR) is 84.8 cm³/mol. The fraction of sp³-hybridized carbons (Fsp3) is 0.867. The van der Waals surface area contributed by atoms with Crippen molar-refractivity contribution in [1.82, 2.24) is 10.2 Å². The summed E-state index contributed by atoms with van der Waals surface area (Å²) in [5.74, 6) is 0.178. The highest BCUT2D eigenvalue weighted by atomic mass is 32.2. The largest absolute Gasteiger partial charge is 0.340 e. The molecule has 0 radical (unpaired) electrons. The molecule has 0 aromatic carbocycles. The number of nitrogens with zero attached hydrogens (tertiary/aromatic N) is 1. The Kier molecular flexibility index (Phi) is 5.92. The lowest BCUT2D eigenvalue weighted by Gasteiger charge is -2.45. The van der Waals surface area contributed by atoms with E-state index in [2.05, 4.69) is 18.5 Å². The first-order chi connectivity index (χ1) is 9.26. The Morgan fingerprint density at radius 2 is 1.95 bits per heavy atom. The summed E-state index contributed by atoms with van der Waals surface area (Å²) in [5.41, 5.74) is -0.745. The van der Waals surface area contributed by atoms with E-state index in [1.165, 1.54) is 0 Å². The Morgan fingerprint density at radius 3 is 2.40 bits per heavy atom. The molecule has 0 saturated carbocycles. The first-order valence-corrected chi connectivity index (χ1v) is 8.71. The van der Waals surface area contributed by atoms with E-state index in [-0.39, 0.29) is 23.8 Å². The van der Waals surface area contributed by atoms with E-state index in [9.17, 15) is 9.59 Å². The van der Waals surface area contributed by atoms with Crippen LogP contribution in [0.2, 0.25) is 0 Å². The third-order valence-electron chi connectivity index (χ3n) is 4.25. The number of piperazine rings is 1. The molecule has 0 aliphatic carbocycles. The predicted octanol–water partition coefficient (Wildman–Crippen LogP) is 2.28. The molecule has 1 aliphatic heterocycles. The first-order valence-electron chi connectivity index (χ1n) is 7.42. The number of hydrogen-bond acceptors (Lipinski definition) is 3. The van der Waals surface area contributed by atoms with Crippen molar-refractivity contribution in [2.24, 2.45) is 5.92 Å². The van der Waals surface area contributed by atoms with Gasteiger partial charge in [0, 0.05) is 11.8 Å². The number of rotatable bonds is 6. The average Bonchev–Trinajstić information content (AvgIpc) is 2.39. The van der Waals surface area contributed by atoms with Crippen LogP contribution < -0.4 is 5.32 Å². The molecule has 4 nitrogen and oxygen atoms in total. The van der Waals surface area contributed by atoms with Crippen LogP contribution in [0.15, 0.2) is 0 Å². The van der Waals surface area contributed by atoms with Gasteiger partial charge >= 0.3 is 0 Å². The average molecular weight is 300 g/mol. The van der Waals surface area contributed by atoms with E-state index in [0.717, 1.165) is 6.42 Å². The highest BCUT2D eigenvalue weighted by Gasteiger charge is 2.47. The van der Waals surface area contributed by atoms with E-state index in [0.29, 0.717) is 18.2 Å². The molecular weight excluding hydrogens is 272 g/mol. The number of hydrogen-bond donors (Lipinski definition) is 1. The molecule has 2 amide bonds. The van der Waals surface area contributed by atoms with Gasteiger partial charge in [0.25, 0.3) is 0 Å². The standard InChI is InChI=1S/C15H28N2O2S/c1-7-15(5)14(19)17(9-8-11(4)20-6)12(10(2)3)13(18)16-15/h10-12H,7-9H2,1-6H3,(H,16,18). The summed E-state index contributed by atoms with van der Waals surface area (Å²) in [4.78, 5) is 26.9. The zero-order valence-electron chi connectivity index (χ0n) is 13.5. The lowest BCUT2D eigenvalue weighted by Crippen LogP contribution is -2.70. The SMILES string of the molecule is CCC1(C)NC(=O)C(C(C)C)N(CCC(C)SC)C1=O. The topological polar surface area (TPSA) is 49.4 Å². The van der Waals surface area contributed by atoms with Crippen molar-refractivity contribution in [3.63, 3.8) is 0 Å². The van der Waals surface area contributed by atoms with Crippen LogP contribution in [0.3, 0.4) is 0 Å². The van der Waals surface area contributed by atoms with Crippen LogP contribution in [0.5, 0.6) is 0 Å². The first kappa shape index (κ1) is 17.3. The van der Waals surface area contributed by atoms with Crippen molar-refractivity contribution >= 4 is 23.6 Å². The second-order valence-electron chi connectivity index (χ2n) is 6.20. The summed E-state index contributed by atoms with van der Waals surface area (Å²) in [7, 11) is 0. The monoisotopic (exact) mass is 300 g/mol. The molecule has 1 aliphatic rings. The summed E-state index contributed by atoms with van der Waals surface area (Å²) < 4.78 is 0. The molecule has 116 valence electrons. The zero-order valence-corrected chi connectivity index (χ0v) is 14.3. The summed E-state index contributed by atoms with van der Waals surface area (Å²) >= 11 is 1.79. The van der Waals surface area contributed by atoms with Crippen LogP contribution in [0.25, 0.3) is 0 Å². The maximum absolute atomic E-state index is 12.7. The van der Waals surface area contributed by atoms with E-state index >= 15 is 0 Å². The Balaban J connectivity index is 2.96. The summed E-state index contributed by atoms with van der Waals surface area (Å²) in [5, 5.41) is 3.41. The molecule has 1 N–H and O–H groups in total. The minimum absolute atomic E-state index is 0.0132. The maximum atomic E-state index is 12.7. The molecular formula is C15H28N2O2S. The third kappa shape index (κ3) is 3.48. The molecule has 0 bridgehead atoms. The summed E-state index contributed by atoms with van der Waals surface area (Å²) in [6.45, 7) is 10.6. The molecule has 20 heavy (non-hydrogen) atoms. The van der Waals surface area contributed by atoms with E-state index in [1.807, 2.05) is 27.7 Å². The zero-order chi connectivity index (χ0) is 15.5. The number of carbonyl (C=O) groups excluding carboxylic acids is 2. The van der Waals surface area contributed by atoms with Crippen LogP contribution in [0, 0.1) is 5.92 Å². The van der Waals surface area contributed by atoms with Crippen LogP contribution in [-0.4, -0.2) is 46.3 Å². The van der Waals surface area contributed by atoms with Gasteiger partial charge in [-0.15, -0.1) is 0 Å². The smallest absolute Gasteiger partial charge is 0.248 e. The lowest BCUT2D eigenvalue weighted by atomic mass is 9.88. The number of nitrogens with one attached hydrogen (secondary N) is 1. The highest BCUT2D eigenvalue weighted by Crippen LogP contribution is 2.26. The Bertz CT molecular complexity index is 373. The minimum Gasteiger partial charge on any atom is -0.340 e. The highest BCUT2D eigenvalue weighted by molar-refractivity contribution is 7.99. The van der Waals surface area contributed by atoms with Crippen LogP contribution in [-0.2, 0) is 9.59 Å². The lowest BCUT2D eigenvalue weighted by molar-refractivity contribution is -0.156. The number of carbonyl (C=O) groups is 2. The molecule has 1 heterocycles. The minimum atomic E-state index is -0.745. The van der Waals surface area contributed by atoms with Crippen LogP contribution in [0.1, 0.15) is 47.5 Å². The molecule has 3 unspecified atom stereocenters. The van der Waals surface area contributed by atoms with Gasteiger partial charge in [-0.1, -0.05) is 27.7 Å². The van der Waals surface area contributed by atoms with E-state index < -0.39 is 5.54 Å². The van der Waals surface area contributed by atoms with Gasteiger partial charge in [-0.3, -0.25) is 9.59 Å². The van der Waals surface area contributed by atoms with E-state index in [1.54, 1.807) is 16.7 Å². The van der Waals surface area contributed by atoms with Gasteiger partial charge in [-0.2, -0.15) is 11.8 Å². The van der Waals surface area contributed by atoms with Crippen molar-refractivity contribution in [3.8, 4) is 0 Å². The third-order valence-corrected chi connectivity index (χ3v) is 5.29. The van der Waals surface area contributed by atoms with Gasteiger partial charge < -0.3 is 10.2 Å². The van der Waals surface area contributed by atoms with Gasteiger partial charge in [0.1, 0.15) is 11.6 Å². The van der Waals surface area contributed by atoms with Crippen LogP contribution >= 0.6 is 11.8 Å². The van der Waals surface area contributed by atoms with Gasteiger partial charge in [0.05, 0.1) is 0 Å². The van der Waals surface area contributed by atoms with Crippen molar-refractivity contribution in [2.45, 2.75) is 64.3 Å². The number of thioether (sulfide) groups is 1. The quantitative estimate of drug-likeness (QED) is 0.819. The molecule has 5 heteroatoms. The van der Waals surface area contributed by atoms with Gasteiger partial charge in [0.15, 0.2) is 0 Å². The molecule has 1 saturated heterocycles. The van der Waals surface area contributed by atoms with E-state index in [4.69, 9.17) is 0 Å². The second kappa shape index (κ2) is 6.83. The fourth-order valence-electron chi connectivity index (χ4n) is 2.57. The maximum Gasteiger partial charge on any atom is 0.248 e. The van der Waals surface area contributed by atoms with Gasteiger partial charge in [0.2, 0.25) is 11.8 Å². The molecule has 3 atom stereocenters. The van der Waals surface area contributed by atoms with Crippen LogP contribution in [0.4, 0.5) is 0 Å². The molecule has 1 rings (SSSR count). The number of amides is 2. The second-order valence-corrected chi connectivity index (χ2v) is 7.47. The summed E-state index contributed by atoms with van der Waals surface area (Å²) in [6, 6.07) is -0.337. The van der Waals surface area contributed by atoms with Crippen molar-refractivity contribution in [2.75, 3.05) is 12.8 Å². The Labute approximate surface area is 127 Å².